The summed E-state index contributed by atoms with van der Waals surface area (Å²) in [6, 6.07) is 26.3. The number of amides is 4. The first-order valence-corrected chi connectivity index (χ1v) is 14.8. The predicted octanol–water partition coefficient (Wildman–Crippen LogP) is 6.78. The Hall–Kier alpha value is -4.26. The van der Waals surface area contributed by atoms with Crippen LogP contribution < -0.4 is 9.80 Å². The molecule has 4 atom stereocenters. The predicted molar refractivity (Wildman–Crippen MR) is 165 cm³/mol. The summed E-state index contributed by atoms with van der Waals surface area (Å²) in [5.41, 5.74) is 3.14. The van der Waals surface area contributed by atoms with Gasteiger partial charge in [0.2, 0.25) is 23.6 Å². The summed E-state index contributed by atoms with van der Waals surface area (Å²) >= 11 is 12.3. The Morgan fingerprint density at radius 1 is 0.628 bits per heavy atom. The van der Waals surface area contributed by atoms with Crippen LogP contribution in [0.5, 0.6) is 0 Å². The van der Waals surface area contributed by atoms with E-state index in [0.29, 0.717) is 32.5 Å². The number of aryl methyl sites for hydroxylation is 2. The molecule has 2 saturated heterocycles. The zero-order chi connectivity index (χ0) is 30.2. The van der Waals surface area contributed by atoms with E-state index in [9.17, 15) is 19.2 Å². The summed E-state index contributed by atoms with van der Waals surface area (Å²) < 4.78 is 0. The van der Waals surface area contributed by atoms with Gasteiger partial charge in [-0.1, -0.05) is 76.8 Å². The maximum absolute atomic E-state index is 15.0. The van der Waals surface area contributed by atoms with Gasteiger partial charge in [-0.25, -0.2) is 9.80 Å². The summed E-state index contributed by atoms with van der Waals surface area (Å²) in [7, 11) is 0. The summed E-state index contributed by atoms with van der Waals surface area (Å²) in [6.45, 7) is 3.88. The number of imide groups is 2. The third-order valence-electron chi connectivity index (χ3n) is 9.12. The fourth-order valence-electron chi connectivity index (χ4n) is 7.24. The number of carbonyl (C=O) groups is 4. The minimum Gasteiger partial charge on any atom is -0.274 e. The Labute approximate surface area is 258 Å². The van der Waals surface area contributed by atoms with Crippen molar-refractivity contribution in [3.63, 3.8) is 0 Å². The lowest BCUT2D eigenvalue weighted by Crippen LogP contribution is -2.51. The number of hydrogen-bond donors (Lipinski definition) is 0. The normalized spacial score (nSPS) is 24.3. The summed E-state index contributed by atoms with van der Waals surface area (Å²) in [6.07, 6.45) is 0.106. The van der Waals surface area contributed by atoms with Gasteiger partial charge in [-0.05, 0) is 85.5 Å². The molecule has 1 aliphatic carbocycles. The highest BCUT2D eigenvalue weighted by atomic mass is 35.5. The molecular formula is C35H26Cl2N2O4. The van der Waals surface area contributed by atoms with Gasteiger partial charge in [-0.2, -0.15) is 0 Å². The molecule has 0 aromatic heterocycles. The monoisotopic (exact) mass is 608 g/mol. The van der Waals surface area contributed by atoms with Crippen LogP contribution in [0.2, 0.25) is 10.0 Å². The lowest BCUT2D eigenvalue weighted by Gasteiger charge is -2.43. The number of nitrogens with zero attached hydrogens (tertiary/aromatic N) is 2. The molecule has 7 rings (SSSR count). The van der Waals surface area contributed by atoms with Crippen molar-refractivity contribution in [1.82, 2.24) is 0 Å². The van der Waals surface area contributed by atoms with Crippen molar-refractivity contribution in [2.24, 2.45) is 11.3 Å². The molecule has 2 heterocycles. The average molecular weight is 610 g/mol. The third kappa shape index (κ3) is 4.00. The summed E-state index contributed by atoms with van der Waals surface area (Å²) in [4.78, 5) is 60.9. The van der Waals surface area contributed by atoms with Gasteiger partial charge in [-0.3, -0.25) is 19.2 Å². The number of anilines is 2. The first kappa shape index (κ1) is 27.6. The van der Waals surface area contributed by atoms with E-state index < -0.39 is 46.8 Å². The molecular weight excluding hydrogens is 583 g/mol. The van der Waals surface area contributed by atoms with Gasteiger partial charge in [0.05, 0.1) is 34.5 Å². The SMILES string of the molecule is Cc1ccc(C[C@]23C(=O)N(c4ccc(Cl)cc4)C(=O)[C@@H]2c2cc(C)ccc2[C@H]2C(=O)N(c4ccc(Cl)cc4)C(=O)[C@H]23)cc1. The molecule has 0 spiro atoms. The van der Waals surface area contributed by atoms with Crippen molar-refractivity contribution >= 4 is 58.2 Å². The second kappa shape index (κ2) is 9.90. The van der Waals surface area contributed by atoms with Crippen LogP contribution in [0, 0.1) is 25.2 Å². The lowest BCUT2D eigenvalue weighted by atomic mass is 9.54. The molecule has 214 valence electrons. The minimum absolute atomic E-state index is 0.106. The highest BCUT2D eigenvalue weighted by molar-refractivity contribution is 6.33. The standard InChI is InChI=1S/C35H26Cl2N2O4/c1-19-3-6-21(7-4-19)18-35-29(32(41)39(34(35)43)25-14-10-23(37)11-15-25)27-17-20(2)5-16-26(27)28-30(35)33(42)38(31(28)40)24-12-8-22(36)9-13-24/h3-17,28-30H,18H2,1-2H3/t28-,29+,30+,35+/m1/s1. The smallest absolute Gasteiger partial charge is 0.242 e. The molecule has 8 heteroatoms. The highest BCUT2D eigenvalue weighted by Gasteiger charge is 2.73. The van der Waals surface area contributed by atoms with Crippen LogP contribution in [0.4, 0.5) is 11.4 Å². The molecule has 2 fully saturated rings. The van der Waals surface area contributed by atoms with E-state index in [1.54, 1.807) is 48.5 Å². The Balaban J connectivity index is 1.50. The van der Waals surface area contributed by atoms with Crippen molar-refractivity contribution in [3.8, 4) is 0 Å². The van der Waals surface area contributed by atoms with E-state index in [4.69, 9.17) is 23.2 Å². The number of carbonyl (C=O) groups excluding carboxylic acids is 4. The van der Waals surface area contributed by atoms with Gasteiger partial charge in [-0.15, -0.1) is 0 Å². The number of fused-ring (bicyclic) bond motifs is 6. The molecule has 43 heavy (non-hydrogen) atoms. The van der Waals surface area contributed by atoms with Crippen molar-refractivity contribution in [2.45, 2.75) is 32.1 Å². The number of hydrogen-bond acceptors (Lipinski definition) is 4. The zero-order valence-corrected chi connectivity index (χ0v) is 24.9. The van der Waals surface area contributed by atoms with Crippen LogP contribution in [0.25, 0.3) is 0 Å². The molecule has 4 aromatic rings. The Kier molecular flexibility index (Phi) is 6.35. The fraction of sp³-hybridized carbons (Fsp3) is 0.200. The summed E-state index contributed by atoms with van der Waals surface area (Å²) in [5, 5.41) is 0.929. The molecule has 6 nitrogen and oxygen atoms in total. The van der Waals surface area contributed by atoms with Crippen molar-refractivity contribution in [1.29, 1.82) is 0 Å². The molecule has 4 aromatic carbocycles. The van der Waals surface area contributed by atoms with E-state index in [1.165, 1.54) is 4.90 Å². The van der Waals surface area contributed by atoms with Gasteiger partial charge in [0.25, 0.3) is 0 Å². The highest BCUT2D eigenvalue weighted by Crippen LogP contribution is 2.63. The lowest BCUT2D eigenvalue weighted by molar-refractivity contribution is -0.138. The molecule has 0 saturated carbocycles. The van der Waals surface area contributed by atoms with Crippen LogP contribution in [-0.2, 0) is 25.6 Å². The van der Waals surface area contributed by atoms with Crippen LogP contribution in [0.15, 0.2) is 91.0 Å². The Bertz CT molecular complexity index is 1840. The number of rotatable bonds is 4. The second-order valence-corrected chi connectivity index (χ2v) is 12.5. The molecule has 0 radical (unpaired) electrons. The topological polar surface area (TPSA) is 74.8 Å². The van der Waals surface area contributed by atoms with Crippen LogP contribution in [-0.4, -0.2) is 23.6 Å². The summed E-state index contributed by atoms with van der Waals surface area (Å²) in [5.74, 6) is -4.86. The maximum atomic E-state index is 15.0. The van der Waals surface area contributed by atoms with Gasteiger partial charge < -0.3 is 0 Å². The van der Waals surface area contributed by atoms with Crippen molar-refractivity contribution < 1.29 is 19.2 Å². The Morgan fingerprint density at radius 3 is 1.79 bits per heavy atom. The average Bonchev–Trinajstić information content (AvgIpc) is 3.38. The van der Waals surface area contributed by atoms with E-state index >= 15 is 0 Å². The van der Waals surface area contributed by atoms with Crippen LogP contribution in [0.3, 0.4) is 0 Å². The quantitative estimate of drug-likeness (QED) is 0.239. The van der Waals surface area contributed by atoms with Gasteiger partial charge in [0.15, 0.2) is 0 Å². The number of halogens is 2. The maximum Gasteiger partial charge on any atom is 0.242 e. The van der Waals surface area contributed by atoms with E-state index in [0.717, 1.165) is 21.6 Å². The van der Waals surface area contributed by atoms with Crippen molar-refractivity contribution in [2.75, 3.05) is 9.80 Å². The molecule has 0 N–H and O–H groups in total. The van der Waals surface area contributed by atoms with Crippen molar-refractivity contribution in [3.05, 3.63) is 129 Å². The molecule has 2 aliphatic heterocycles. The minimum atomic E-state index is -1.55. The van der Waals surface area contributed by atoms with Gasteiger partial charge >= 0.3 is 0 Å². The van der Waals surface area contributed by atoms with E-state index in [1.807, 2.05) is 56.3 Å². The molecule has 4 amide bonds. The van der Waals surface area contributed by atoms with Gasteiger partial charge in [0.1, 0.15) is 0 Å². The molecule has 0 unspecified atom stereocenters. The second-order valence-electron chi connectivity index (χ2n) is 11.7. The van der Waals surface area contributed by atoms with Crippen LogP contribution in [0.1, 0.15) is 39.7 Å². The first-order valence-electron chi connectivity index (χ1n) is 14.0. The third-order valence-corrected chi connectivity index (χ3v) is 9.62. The fourth-order valence-corrected chi connectivity index (χ4v) is 7.50. The van der Waals surface area contributed by atoms with E-state index in [2.05, 4.69) is 0 Å². The first-order chi connectivity index (χ1) is 20.6. The number of benzene rings is 4. The van der Waals surface area contributed by atoms with Gasteiger partial charge in [0, 0.05) is 10.0 Å². The molecule has 3 aliphatic rings. The molecule has 0 bridgehead atoms. The Morgan fingerprint density at radius 2 is 1.19 bits per heavy atom. The largest absolute Gasteiger partial charge is 0.274 e. The van der Waals surface area contributed by atoms with E-state index in [-0.39, 0.29) is 6.42 Å². The zero-order valence-electron chi connectivity index (χ0n) is 23.4. The van der Waals surface area contributed by atoms with Crippen LogP contribution >= 0.6 is 23.2 Å².